The van der Waals surface area contributed by atoms with E-state index in [1.165, 1.54) is 0 Å². The van der Waals surface area contributed by atoms with E-state index in [1.807, 2.05) is 0 Å². The molecule has 14 valence electrons. The molecule has 0 fully saturated rings. The number of rotatable bonds is 0. The van der Waals surface area contributed by atoms with Crippen molar-refractivity contribution in [2.45, 2.75) is 0 Å². The molecule has 0 rings (SSSR count). The average Bonchev–Trinajstić information content (AvgIpc) is 0. The molecule has 0 nitrogen and oxygen atoms in total. The van der Waals surface area contributed by atoms with Crippen molar-refractivity contribution < 1.29 is 55.3 Å². The van der Waals surface area contributed by atoms with Crippen LogP contribution >= 0.6 is 0 Å². The van der Waals surface area contributed by atoms with Crippen LogP contribution in [-0.2, 0) is 55.3 Å². The summed E-state index contributed by atoms with van der Waals surface area (Å²) in [6.07, 6.45) is 0. The zero-order chi connectivity index (χ0) is 0. The van der Waals surface area contributed by atoms with Gasteiger partial charge in [0.1, 0.15) is 0 Å². The molecule has 0 spiro atoms. The van der Waals surface area contributed by atoms with Gasteiger partial charge in [-0.2, -0.15) is 0 Å². The first kappa shape index (κ1) is 53.5. The Bertz CT molecular complexity index is 6.04. The molecule has 0 amide bonds. The molecule has 0 atom stereocenters. The molecule has 10 radical (unpaired) electrons. The third-order valence-electron chi connectivity index (χ3n) is 0. The minimum atomic E-state index is 0. The Hall–Kier alpha value is 5.70. The number of hydrogen-bond donors (Lipinski definition) is 0. The molecule has 0 aromatic heterocycles. The second kappa shape index (κ2) is 41.2. The molecular formula is Hg2Mg5. The molecule has 0 saturated heterocycles. The SMILES string of the molecule is [Hg].[Hg].[Mg].[Mg].[Mg].[Mg].[Mg]. The molecule has 0 bridgehead atoms. The fourth-order valence-electron chi connectivity index (χ4n) is 0. The van der Waals surface area contributed by atoms with Gasteiger partial charge in [-0.25, -0.2) is 0 Å². The fourth-order valence-corrected chi connectivity index (χ4v) is 0. The van der Waals surface area contributed by atoms with Crippen LogP contribution in [0, 0.1) is 0 Å². The summed E-state index contributed by atoms with van der Waals surface area (Å²) < 4.78 is 0. The molecule has 0 heterocycles. The van der Waals surface area contributed by atoms with Crippen LogP contribution in [0.4, 0.5) is 0 Å². The Balaban J connectivity index is 0. The molecule has 0 aliphatic rings. The fraction of sp³-hybridized carbons (Fsp3) is 0. The normalized spacial score (nSPS) is 0. The average molecular weight is 523 g/mol. The van der Waals surface area contributed by atoms with E-state index in [1.54, 1.807) is 0 Å². The van der Waals surface area contributed by atoms with Crippen molar-refractivity contribution in [3.05, 3.63) is 0 Å². The van der Waals surface area contributed by atoms with Gasteiger partial charge in [0.25, 0.3) is 0 Å². The first-order chi connectivity index (χ1) is 0. The molecule has 7 heteroatoms. The first-order valence-corrected chi connectivity index (χ1v) is 0. The summed E-state index contributed by atoms with van der Waals surface area (Å²) >= 11 is 0. The van der Waals surface area contributed by atoms with Gasteiger partial charge in [-0.15, -0.1) is 0 Å². The summed E-state index contributed by atoms with van der Waals surface area (Å²) in [6, 6.07) is 0. The second-order valence-electron chi connectivity index (χ2n) is 0. The topological polar surface area (TPSA) is 0 Å². The Morgan fingerprint density at radius 2 is 0.286 bits per heavy atom. The molecule has 0 aromatic rings. The smallest absolute Gasteiger partial charge is 0 e. The molecule has 0 aromatic carbocycles. The summed E-state index contributed by atoms with van der Waals surface area (Å²) in [5.74, 6) is 0. The van der Waals surface area contributed by atoms with Gasteiger partial charge in [0.05, 0.1) is 0 Å². The van der Waals surface area contributed by atoms with Crippen molar-refractivity contribution in [2.75, 3.05) is 0 Å². The predicted octanol–water partition coefficient (Wildman–Crippen LogP) is -1.91. The zero-order valence-electron chi connectivity index (χ0n) is 4.95. The summed E-state index contributed by atoms with van der Waals surface area (Å²) in [6.45, 7) is 0. The van der Waals surface area contributed by atoms with Crippen LogP contribution in [0.1, 0.15) is 0 Å². The molecule has 0 unspecified atom stereocenters. The van der Waals surface area contributed by atoms with Crippen LogP contribution in [-0.4, -0.2) is 115 Å². The van der Waals surface area contributed by atoms with Crippen LogP contribution in [0.2, 0.25) is 0 Å². The zero-order valence-corrected chi connectivity index (χ0v) is 23.0. The molecule has 0 aliphatic carbocycles. The Labute approximate surface area is 166 Å². The maximum absolute atomic E-state index is 0. The van der Waals surface area contributed by atoms with Crippen LogP contribution in [0.5, 0.6) is 0 Å². The van der Waals surface area contributed by atoms with Crippen molar-refractivity contribution in [3.8, 4) is 0 Å². The molecule has 0 aliphatic heterocycles. The van der Waals surface area contributed by atoms with Gasteiger partial charge in [-0.1, -0.05) is 0 Å². The van der Waals surface area contributed by atoms with E-state index in [4.69, 9.17) is 0 Å². The van der Waals surface area contributed by atoms with Crippen molar-refractivity contribution >= 4 is 115 Å². The third-order valence-corrected chi connectivity index (χ3v) is 0. The maximum atomic E-state index is 0. The molecular weight excluding hydrogens is 523 g/mol. The summed E-state index contributed by atoms with van der Waals surface area (Å²) in [7, 11) is 0. The summed E-state index contributed by atoms with van der Waals surface area (Å²) in [5, 5.41) is 0. The Morgan fingerprint density at radius 3 is 0.286 bits per heavy atom. The van der Waals surface area contributed by atoms with E-state index >= 15 is 0 Å². The van der Waals surface area contributed by atoms with Gasteiger partial charge in [0, 0.05) is 171 Å². The van der Waals surface area contributed by atoms with Crippen molar-refractivity contribution in [3.63, 3.8) is 0 Å². The molecule has 0 saturated carbocycles. The van der Waals surface area contributed by atoms with Crippen LogP contribution < -0.4 is 0 Å². The second-order valence-corrected chi connectivity index (χ2v) is 0. The van der Waals surface area contributed by atoms with Crippen molar-refractivity contribution in [1.82, 2.24) is 0 Å². The minimum Gasteiger partial charge on any atom is 0 e. The predicted molar refractivity (Wildman–Crippen MR) is 28.8 cm³/mol. The van der Waals surface area contributed by atoms with Crippen LogP contribution in [0.25, 0.3) is 0 Å². The van der Waals surface area contributed by atoms with Gasteiger partial charge < -0.3 is 0 Å². The van der Waals surface area contributed by atoms with E-state index in [0.717, 1.165) is 0 Å². The van der Waals surface area contributed by atoms with E-state index < -0.39 is 0 Å². The van der Waals surface area contributed by atoms with Gasteiger partial charge >= 0.3 is 0 Å². The van der Waals surface area contributed by atoms with E-state index in [2.05, 4.69) is 0 Å². The first-order valence-electron chi connectivity index (χ1n) is 0. The van der Waals surface area contributed by atoms with E-state index in [0.29, 0.717) is 0 Å². The monoisotopic (exact) mass is 524 g/mol. The largest absolute Gasteiger partial charge is 0 e. The standard InChI is InChI=1S/2Hg.5Mg. The Morgan fingerprint density at radius 1 is 0.286 bits per heavy atom. The third kappa shape index (κ3) is 33.9. The quantitative estimate of drug-likeness (QED) is 0.326. The van der Waals surface area contributed by atoms with Gasteiger partial charge in [-0.3, -0.25) is 0 Å². The van der Waals surface area contributed by atoms with Crippen LogP contribution in [0.3, 0.4) is 0 Å². The van der Waals surface area contributed by atoms with Gasteiger partial charge in [0.15, 0.2) is 0 Å². The van der Waals surface area contributed by atoms with Gasteiger partial charge in [-0.05, 0) is 0 Å². The van der Waals surface area contributed by atoms with Gasteiger partial charge in [0.2, 0.25) is 0 Å². The van der Waals surface area contributed by atoms with Crippen molar-refractivity contribution in [2.24, 2.45) is 0 Å². The Kier molecular flexibility index (Phi) is 315. The molecule has 0 N–H and O–H groups in total. The van der Waals surface area contributed by atoms with Crippen molar-refractivity contribution in [1.29, 1.82) is 0 Å². The minimum absolute atomic E-state index is 0. The molecule has 7 heavy (non-hydrogen) atoms. The van der Waals surface area contributed by atoms with E-state index in [-0.39, 0.29) is 171 Å². The van der Waals surface area contributed by atoms with E-state index in [9.17, 15) is 0 Å². The van der Waals surface area contributed by atoms with Crippen LogP contribution in [0.15, 0.2) is 0 Å². The summed E-state index contributed by atoms with van der Waals surface area (Å²) in [4.78, 5) is 0. The maximum Gasteiger partial charge on any atom is 0 e. The number of hydrogen-bond acceptors (Lipinski definition) is 0. The summed E-state index contributed by atoms with van der Waals surface area (Å²) in [5.41, 5.74) is 0.